The number of hydrogen-bond acceptors (Lipinski definition) is 2. The maximum Gasteiger partial charge on any atom is 0.229 e. The highest BCUT2D eigenvalue weighted by atomic mass is 32.2. The molecule has 1 amide bonds. The number of rotatable bonds is 5. The van der Waals surface area contributed by atoms with Gasteiger partial charge in [0.15, 0.2) is 0 Å². The van der Waals surface area contributed by atoms with Gasteiger partial charge in [-0.3, -0.25) is 4.79 Å². The summed E-state index contributed by atoms with van der Waals surface area (Å²) >= 11 is 1.66. The highest BCUT2D eigenvalue weighted by molar-refractivity contribution is 7.99. The third kappa shape index (κ3) is 4.71. The van der Waals surface area contributed by atoms with E-state index in [1.165, 1.54) is 16.7 Å². The average Bonchev–Trinajstić information content (AvgIpc) is 2.16. The molecule has 0 saturated carbocycles. The van der Waals surface area contributed by atoms with E-state index in [9.17, 15) is 4.79 Å². The van der Waals surface area contributed by atoms with E-state index in [1.54, 1.807) is 11.8 Å². The van der Waals surface area contributed by atoms with Gasteiger partial charge in [0.05, 0.1) is 5.75 Å². The summed E-state index contributed by atoms with van der Waals surface area (Å²) in [5, 5.41) is 2.79. The lowest BCUT2D eigenvalue weighted by Gasteiger charge is -2.05. The zero-order chi connectivity index (χ0) is 12.0. The van der Waals surface area contributed by atoms with Crippen LogP contribution in [0.5, 0.6) is 0 Å². The van der Waals surface area contributed by atoms with E-state index in [2.05, 4.69) is 37.4 Å². The molecule has 16 heavy (non-hydrogen) atoms. The maximum atomic E-state index is 11.2. The Morgan fingerprint density at radius 3 is 2.44 bits per heavy atom. The summed E-state index contributed by atoms with van der Waals surface area (Å²) in [6, 6.07) is 6.52. The number of hydrogen-bond donors (Lipinski definition) is 1. The molecule has 1 N–H and O–H groups in total. The normalized spacial score (nSPS) is 10.2. The number of nitrogens with one attached hydrogen (secondary N) is 1. The Bertz CT molecular complexity index is 343. The SMILES string of the molecule is CCNC(=O)CSCc1cc(C)cc(C)c1. The molecule has 0 aliphatic carbocycles. The predicted octanol–water partition coefficient (Wildman–Crippen LogP) is 2.67. The van der Waals surface area contributed by atoms with Crippen molar-refractivity contribution in [2.45, 2.75) is 26.5 Å². The van der Waals surface area contributed by atoms with Gasteiger partial charge >= 0.3 is 0 Å². The summed E-state index contributed by atoms with van der Waals surface area (Å²) in [7, 11) is 0. The van der Waals surface area contributed by atoms with Crippen LogP contribution >= 0.6 is 11.8 Å². The van der Waals surface area contributed by atoms with E-state index in [0.717, 1.165) is 5.75 Å². The van der Waals surface area contributed by atoms with Gasteiger partial charge in [-0.05, 0) is 26.3 Å². The van der Waals surface area contributed by atoms with Gasteiger partial charge in [0.2, 0.25) is 5.91 Å². The molecule has 0 aliphatic heterocycles. The Morgan fingerprint density at radius 2 is 1.88 bits per heavy atom. The van der Waals surface area contributed by atoms with Gasteiger partial charge in [-0.25, -0.2) is 0 Å². The molecule has 3 heteroatoms. The first-order chi connectivity index (χ1) is 7.61. The van der Waals surface area contributed by atoms with Crippen LogP contribution in [0, 0.1) is 13.8 Å². The van der Waals surface area contributed by atoms with E-state index >= 15 is 0 Å². The standard InChI is InChI=1S/C13H19NOS/c1-4-14-13(15)9-16-8-12-6-10(2)5-11(3)7-12/h5-7H,4,8-9H2,1-3H3,(H,14,15). The first kappa shape index (κ1) is 13.1. The van der Waals surface area contributed by atoms with Crippen molar-refractivity contribution in [2.24, 2.45) is 0 Å². The molecule has 0 aliphatic rings. The summed E-state index contributed by atoms with van der Waals surface area (Å²) in [5.41, 5.74) is 3.87. The summed E-state index contributed by atoms with van der Waals surface area (Å²) in [6.45, 7) is 6.85. The first-order valence-corrected chi connectivity index (χ1v) is 6.69. The summed E-state index contributed by atoms with van der Waals surface area (Å²) in [4.78, 5) is 11.2. The highest BCUT2D eigenvalue weighted by Gasteiger charge is 2.01. The van der Waals surface area contributed by atoms with Crippen LogP contribution in [-0.2, 0) is 10.5 Å². The molecule has 1 rings (SSSR count). The fraction of sp³-hybridized carbons (Fsp3) is 0.462. The molecule has 0 saturated heterocycles. The van der Waals surface area contributed by atoms with Gasteiger partial charge in [0.25, 0.3) is 0 Å². The highest BCUT2D eigenvalue weighted by Crippen LogP contribution is 2.15. The lowest BCUT2D eigenvalue weighted by atomic mass is 10.1. The number of aryl methyl sites for hydroxylation is 2. The molecule has 1 aromatic rings. The van der Waals surface area contributed by atoms with Crippen LogP contribution < -0.4 is 5.32 Å². The fourth-order valence-corrected chi connectivity index (χ4v) is 2.45. The smallest absolute Gasteiger partial charge is 0.229 e. The van der Waals surface area contributed by atoms with Gasteiger partial charge in [-0.15, -0.1) is 11.8 Å². The van der Waals surface area contributed by atoms with Crippen LogP contribution in [0.15, 0.2) is 18.2 Å². The number of carbonyl (C=O) groups is 1. The Kier molecular flexibility index (Phi) is 5.39. The van der Waals surface area contributed by atoms with Crippen LogP contribution in [0.4, 0.5) is 0 Å². The van der Waals surface area contributed by atoms with E-state index in [4.69, 9.17) is 0 Å². The summed E-state index contributed by atoms with van der Waals surface area (Å²) in [6.07, 6.45) is 0. The van der Waals surface area contributed by atoms with Crippen LogP contribution in [0.2, 0.25) is 0 Å². The quantitative estimate of drug-likeness (QED) is 0.853. The Labute approximate surface area is 102 Å². The minimum absolute atomic E-state index is 0.122. The zero-order valence-electron chi connectivity index (χ0n) is 10.2. The fourth-order valence-electron chi connectivity index (χ4n) is 1.66. The first-order valence-electron chi connectivity index (χ1n) is 5.53. The number of amides is 1. The van der Waals surface area contributed by atoms with Gasteiger partial charge < -0.3 is 5.32 Å². The molecule has 0 spiro atoms. The Morgan fingerprint density at radius 1 is 1.25 bits per heavy atom. The van der Waals surface area contributed by atoms with Gasteiger partial charge in [-0.2, -0.15) is 0 Å². The molecule has 2 nitrogen and oxygen atoms in total. The monoisotopic (exact) mass is 237 g/mol. The van der Waals surface area contributed by atoms with Crippen LogP contribution in [0.3, 0.4) is 0 Å². The largest absolute Gasteiger partial charge is 0.356 e. The molecule has 0 radical (unpaired) electrons. The Hall–Kier alpha value is -0.960. The van der Waals surface area contributed by atoms with Crippen LogP contribution in [0.25, 0.3) is 0 Å². The lowest BCUT2D eigenvalue weighted by Crippen LogP contribution is -2.24. The number of carbonyl (C=O) groups excluding carboxylic acids is 1. The van der Waals surface area contributed by atoms with Crippen molar-refractivity contribution in [3.8, 4) is 0 Å². The molecule has 0 bridgehead atoms. The molecule has 0 heterocycles. The zero-order valence-corrected chi connectivity index (χ0v) is 11.0. The topological polar surface area (TPSA) is 29.1 Å². The van der Waals surface area contributed by atoms with Crippen LogP contribution in [0.1, 0.15) is 23.6 Å². The number of thioether (sulfide) groups is 1. The molecule has 0 aromatic heterocycles. The van der Waals surface area contributed by atoms with E-state index in [0.29, 0.717) is 12.3 Å². The Balaban J connectivity index is 2.40. The molecule has 88 valence electrons. The molecule has 0 fully saturated rings. The second-order valence-corrected chi connectivity index (χ2v) is 4.93. The summed E-state index contributed by atoms with van der Waals surface area (Å²) in [5.74, 6) is 1.57. The van der Waals surface area contributed by atoms with Crippen molar-refractivity contribution < 1.29 is 4.79 Å². The molecular formula is C13H19NOS. The molecule has 0 unspecified atom stereocenters. The minimum Gasteiger partial charge on any atom is -0.356 e. The van der Waals surface area contributed by atoms with Crippen molar-refractivity contribution in [2.75, 3.05) is 12.3 Å². The second-order valence-electron chi connectivity index (χ2n) is 3.94. The van der Waals surface area contributed by atoms with Crippen molar-refractivity contribution in [3.63, 3.8) is 0 Å². The van der Waals surface area contributed by atoms with Crippen LogP contribution in [-0.4, -0.2) is 18.2 Å². The van der Waals surface area contributed by atoms with E-state index in [1.807, 2.05) is 6.92 Å². The third-order valence-electron chi connectivity index (χ3n) is 2.16. The van der Waals surface area contributed by atoms with Crippen molar-refractivity contribution >= 4 is 17.7 Å². The molecular weight excluding hydrogens is 218 g/mol. The van der Waals surface area contributed by atoms with E-state index < -0.39 is 0 Å². The number of benzene rings is 1. The van der Waals surface area contributed by atoms with Gasteiger partial charge in [0.1, 0.15) is 0 Å². The average molecular weight is 237 g/mol. The third-order valence-corrected chi connectivity index (χ3v) is 3.16. The molecule has 1 aromatic carbocycles. The second kappa shape index (κ2) is 6.59. The summed E-state index contributed by atoms with van der Waals surface area (Å²) < 4.78 is 0. The van der Waals surface area contributed by atoms with Crippen molar-refractivity contribution in [3.05, 3.63) is 34.9 Å². The van der Waals surface area contributed by atoms with Crippen molar-refractivity contribution in [1.82, 2.24) is 5.32 Å². The van der Waals surface area contributed by atoms with Gasteiger partial charge in [0, 0.05) is 12.3 Å². The van der Waals surface area contributed by atoms with Crippen molar-refractivity contribution in [1.29, 1.82) is 0 Å². The maximum absolute atomic E-state index is 11.2. The van der Waals surface area contributed by atoms with E-state index in [-0.39, 0.29) is 5.91 Å². The minimum atomic E-state index is 0.122. The predicted molar refractivity (Wildman–Crippen MR) is 70.8 cm³/mol. The van der Waals surface area contributed by atoms with Gasteiger partial charge in [-0.1, -0.05) is 29.3 Å². The lowest BCUT2D eigenvalue weighted by molar-refractivity contribution is -0.118. The molecule has 0 atom stereocenters.